The summed E-state index contributed by atoms with van der Waals surface area (Å²) in [4.78, 5) is 43.7. The molecule has 1 aliphatic carbocycles. The molecule has 4 rings (SSSR count). The molecule has 1 saturated carbocycles. The molecule has 2 fully saturated rings. The maximum absolute atomic E-state index is 13.3. The summed E-state index contributed by atoms with van der Waals surface area (Å²) in [5.41, 5.74) is 0.546. The highest BCUT2D eigenvalue weighted by Crippen LogP contribution is 2.28. The molecule has 0 radical (unpaired) electrons. The lowest BCUT2D eigenvalue weighted by Crippen LogP contribution is -2.55. The van der Waals surface area contributed by atoms with Gasteiger partial charge in [-0.2, -0.15) is 0 Å². The molecule has 1 atom stereocenters. The largest absolute Gasteiger partial charge is 0.449 e. The standard InChI is InChI=1S/C23H28FN3O6/c24-16-6-7-17-19(14-16)33-21(25-17)18(28)8-11-32-23(30)26-20(15-4-2-1-3-5-15)22(29)27-9-12-31-13-10-27/h6-7,14-15,20H,1-5,8-13H2,(H,26,30)/t20-/m0/s1. The number of amides is 2. The van der Waals surface area contributed by atoms with Crippen LogP contribution in [0, 0.1) is 11.7 Å². The second kappa shape index (κ2) is 10.7. The number of carbonyl (C=O) groups excluding carboxylic acids is 3. The third-order valence-corrected chi connectivity index (χ3v) is 6.13. The number of halogens is 1. The Balaban J connectivity index is 1.31. The maximum atomic E-state index is 13.3. The SMILES string of the molecule is O=C(N[C@H](C(=O)N1CCOCC1)C1CCCCC1)OCCC(=O)c1nc2ccc(F)cc2o1. The number of Topliss-reactive ketones (excluding diaryl/α,β-unsaturated/α-hetero) is 1. The lowest BCUT2D eigenvalue weighted by Gasteiger charge is -2.35. The average molecular weight is 461 g/mol. The zero-order valence-corrected chi connectivity index (χ0v) is 18.4. The minimum Gasteiger partial charge on any atom is -0.449 e. The number of nitrogens with zero attached hydrogens (tertiary/aromatic N) is 2. The molecule has 2 aliphatic rings. The summed E-state index contributed by atoms with van der Waals surface area (Å²) in [5.74, 6) is -1.17. The molecule has 0 bridgehead atoms. The Morgan fingerprint density at radius 1 is 1.18 bits per heavy atom. The number of hydrogen-bond acceptors (Lipinski definition) is 7. The van der Waals surface area contributed by atoms with E-state index < -0.39 is 23.7 Å². The number of ketones is 1. The van der Waals surface area contributed by atoms with Crippen molar-refractivity contribution < 1.29 is 32.7 Å². The molecule has 1 saturated heterocycles. The number of rotatable bonds is 7. The van der Waals surface area contributed by atoms with E-state index in [1.165, 1.54) is 12.1 Å². The first kappa shape index (κ1) is 23.2. The van der Waals surface area contributed by atoms with Crippen molar-refractivity contribution in [2.45, 2.75) is 44.6 Å². The van der Waals surface area contributed by atoms with Gasteiger partial charge >= 0.3 is 6.09 Å². The molecule has 1 N–H and O–H groups in total. The second-order valence-corrected chi connectivity index (χ2v) is 8.40. The number of fused-ring (bicyclic) bond motifs is 1. The van der Waals surface area contributed by atoms with E-state index in [-0.39, 0.29) is 36.3 Å². The monoisotopic (exact) mass is 461 g/mol. The summed E-state index contributed by atoms with van der Waals surface area (Å²) < 4.78 is 29.1. The van der Waals surface area contributed by atoms with Gasteiger partial charge in [0.25, 0.3) is 5.89 Å². The molecule has 1 aromatic heterocycles. The summed E-state index contributed by atoms with van der Waals surface area (Å²) in [6.07, 6.45) is 4.04. The minimum atomic E-state index is -0.736. The average Bonchev–Trinajstić information content (AvgIpc) is 3.26. The van der Waals surface area contributed by atoms with Gasteiger partial charge in [-0.15, -0.1) is 0 Å². The maximum Gasteiger partial charge on any atom is 0.407 e. The molecule has 0 spiro atoms. The van der Waals surface area contributed by atoms with Gasteiger partial charge in [0.15, 0.2) is 5.58 Å². The summed E-state index contributed by atoms with van der Waals surface area (Å²) >= 11 is 0. The predicted octanol–water partition coefficient (Wildman–Crippen LogP) is 3.07. The van der Waals surface area contributed by atoms with E-state index in [0.29, 0.717) is 31.8 Å². The number of benzene rings is 1. The Morgan fingerprint density at radius 3 is 2.70 bits per heavy atom. The summed E-state index contributed by atoms with van der Waals surface area (Å²) in [6.45, 7) is 1.78. The number of oxazole rings is 1. The van der Waals surface area contributed by atoms with Crippen LogP contribution in [0.25, 0.3) is 11.1 Å². The van der Waals surface area contributed by atoms with E-state index in [2.05, 4.69) is 10.3 Å². The smallest absolute Gasteiger partial charge is 0.407 e. The van der Waals surface area contributed by atoms with Gasteiger partial charge in [0.2, 0.25) is 11.7 Å². The fourth-order valence-electron chi connectivity index (χ4n) is 4.36. The van der Waals surface area contributed by atoms with E-state index in [4.69, 9.17) is 13.9 Å². The van der Waals surface area contributed by atoms with Gasteiger partial charge in [0.1, 0.15) is 24.0 Å². The summed E-state index contributed by atoms with van der Waals surface area (Å²) in [7, 11) is 0. The lowest BCUT2D eigenvalue weighted by molar-refractivity contribution is -0.139. The topological polar surface area (TPSA) is 111 Å². The number of aromatic nitrogens is 1. The van der Waals surface area contributed by atoms with Crippen molar-refractivity contribution in [1.82, 2.24) is 15.2 Å². The van der Waals surface area contributed by atoms with Crippen molar-refractivity contribution in [3.05, 3.63) is 29.9 Å². The van der Waals surface area contributed by atoms with Gasteiger partial charge in [-0.05, 0) is 30.9 Å². The molecular formula is C23H28FN3O6. The zero-order chi connectivity index (χ0) is 23.2. The number of nitrogens with one attached hydrogen (secondary N) is 1. The van der Waals surface area contributed by atoms with Gasteiger partial charge in [0.05, 0.1) is 19.6 Å². The highest BCUT2D eigenvalue weighted by Gasteiger charge is 2.34. The van der Waals surface area contributed by atoms with Crippen molar-refractivity contribution in [3.8, 4) is 0 Å². The number of hydrogen-bond donors (Lipinski definition) is 1. The van der Waals surface area contributed by atoms with Crippen LogP contribution in [0.4, 0.5) is 9.18 Å². The van der Waals surface area contributed by atoms with Gasteiger partial charge in [-0.3, -0.25) is 9.59 Å². The number of alkyl carbamates (subject to hydrolysis) is 1. The van der Waals surface area contributed by atoms with Crippen LogP contribution in [0.1, 0.15) is 49.2 Å². The number of ether oxygens (including phenoxy) is 2. The lowest BCUT2D eigenvalue weighted by atomic mass is 9.83. The molecule has 2 heterocycles. The summed E-state index contributed by atoms with van der Waals surface area (Å²) in [6, 6.07) is 3.15. The Bertz CT molecular complexity index is 997. The van der Waals surface area contributed by atoms with Gasteiger partial charge in [-0.25, -0.2) is 14.2 Å². The fourth-order valence-corrected chi connectivity index (χ4v) is 4.36. The normalized spacial score (nSPS) is 18.2. The predicted molar refractivity (Wildman–Crippen MR) is 115 cm³/mol. The molecule has 1 aromatic carbocycles. The van der Waals surface area contributed by atoms with Crippen LogP contribution in [-0.2, 0) is 14.3 Å². The van der Waals surface area contributed by atoms with E-state index >= 15 is 0 Å². The molecular weight excluding hydrogens is 433 g/mol. The van der Waals surface area contributed by atoms with E-state index in [9.17, 15) is 18.8 Å². The van der Waals surface area contributed by atoms with Crippen molar-refractivity contribution in [2.24, 2.45) is 5.92 Å². The third kappa shape index (κ3) is 5.87. The van der Waals surface area contributed by atoms with Crippen molar-refractivity contribution in [2.75, 3.05) is 32.9 Å². The van der Waals surface area contributed by atoms with Crippen LogP contribution in [-0.4, -0.2) is 66.6 Å². The first-order chi connectivity index (χ1) is 16.0. The molecule has 2 amide bonds. The molecule has 33 heavy (non-hydrogen) atoms. The highest BCUT2D eigenvalue weighted by molar-refractivity contribution is 5.94. The molecule has 10 heteroatoms. The minimum absolute atomic E-state index is 0.0587. The van der Waals surface area contributed by atoms with Crippen molar-refractivity contribution >= 4 is 28.9 Å². The van der Waals surface area contributed by atoms with Crippen LogP contribution < -0.4 is 5.32 Å². The van der Waals surface area contributed by atoms with Crippen LogP contribution in [0.5, 0.6) is 0 Å². The van der Waals surface area contributed by atoms with E-state index in [1.807, 2.05) is 0 Å². The van der Waals surface area contributed by atoms with Crippen molar-refractivity contribution in [1.29, 1.82) is 0 Å². The van der Waals surface area contributed by atoms with Crippen LogP contribution >= 0.6 is 0 Å². The molecule has 9 nitrogen and oxygen atoms in total. The molecule has 0 unspecified atom stereocenters. The zero-order valence-electron chi connectivity index (χ0n) is 18.4. The van der Waals surface area contributed by atoms with Crippen molar-refractivity contribution in [3.63, 3.8) is 0 Å². The quantitative estimate of drug-likeness (QED) is 0.631. The Morgan fingerprint density at radius 2 is 1.94 bits per heavy atom. The van der Waals surface area contributed by atoms with Crippen LogP contribution in [0.3, 0.4) is 0 Å². The van der Waals surface area contributed by atoms with Crippen LogP contribution in [0.2, 0.25) is 0 Å². The Kier molecular flexibility index (Phi) is 7.54. The molecule has 1 aliphatic heterocycles. The van der Waals surface area contributed by atoms with E-state index in [0.717, 1.165) is 38.2 Å². The third-order valence-electron chi connectivity index (χ3n) is 6.13. The second-order valence-electron chi connectivity index (χ2n) is 8.40. The number of morpholine rings is 1. The van der Waals surface area contributed by atoms with Gasteiger partial charge in [0, 0.05) is 19.2 Å². The summed E-state index contributed by atoms with van der Waals surface area (Å²) in [5, 5.41) is 2.74. The first-order valence-electron chi connectivity index (χ1n) is 11.4. The number of carbonyl (C=O) groups is 3. The van der Waals surface area contributed by atoms with Crippen LogP contribution in [0.15, 0.2) is 22.6 Å². The van der Waals surface area contributed by atoms with Gasteiger partial charge in [-0.1, -0.05) is 19.3 Å². The highest BCUT2D eigenvalue weighted by atomic mass is 19.1. The molecule has 178 valence electrons. The molecule has 2 aromatic rings. The van der Waals surface area contributed by atoms with E-state index in [1.54, 1.807) is 4.90 Å². The first-order valence-corrected chi connectivity index (χ1v) is 11.4. The Hall–Kier alpha value is -3.01. The fraction of sp³-hybridized carbons (Fsp3) is 0.565. The van der Waals surface area contributed by atoms with Gasteiger partial charge < -0.3 is 24.1 Å². The Labute approximate surface area is 190 Å².